The number of piperazine rings is 1. The Labute approximate surface area is 204 Å². The molecule has 7 nitrogen and oxygen atoms in total. The average molecular weight is 481 g/mol. The van der Waals surface area contributed by atoms with Crippen molar-refractivity contribution in [2.45, 2.75) is 25.4 Å². The van der Waals surface area contributed by atoms with Gasteiger partial charge < -0.3 is 20.3 Å². The minimum absolute atomic E-state index is 0.0204. The van der Waals surface area contributed by atoms with Crippen LogP contribution in [0.2, 0.25) is 5.02 Å². The van der Waals surface area contributed by atoms with Crippen LogP contribution in [0.1, 0.15) is 24.9 Å². The predicted octanol–water partition coefficient (Wildman–Crippen LogP) is 4.08. The number of para-hydroxylation sites is 1. The predicted molar refractivity (Wildman–Crippen MR) is 134 cm³/mol. The summed E-state index contributed by atoms with van der Waals surface area (Å²) in [4.78, 5) is 29.2. The van der Waals surface area contributed by atoms with E-state index in [9.17, 15) is 9.59 Å². The van der Waals surface area contributed by atoms with E-state index in [4.69, 9.17) is 16.3 Å². The highest BCUT2D eigenvalue weighted by atomic mass is 35.5. The van der Waals surface area contributed by atoms with Gasteiger partial charge in [0.05, 0.1) is 29.3 Å². The molecule has 2 aromatic carbocycles. The van der Waals surface area contributed by atoms with E-state index >= 15 is 0 Å². The SMILES string of the molecule is CC1CN(C2C=CC(=O)Nc3ccccc32)CCN1c1ccc(NC(=O)C2CCOC2)cc1Cl. The first-order valence-corrected chi connectivity index (χ1v) is 12.1. The van der Waals surface area contributed by atoms with Crippen molar-refractivity contribution in [3.05, 3.63) is 65.2 Å². The van der Waals surface area contributed by atoms with Crippen LogP contribution in [0.3, 0.4) is 0 Å². The molecule has 3 atom stereocenters. The molecule has 5 rings (SSSR count). The van der Waals surface area contributed by atoms with E-state index in [2.05, 4.69) is 33.4 Å². The van der Waals surface area contributed by atoms with E-state index in [1.807, 2.05) is 42.5 Å². The van der Waals surface area contributed by atoms with Crippen molar-refractivity contribution in [1.29, 1.82) is 0 Å². The first-order valence-electron chi connectivity index (χ1n) is 11.8. The van der Waals surface area contributed by atoms with Crippen LogP contribution in [0.15, 0.2) is 54.6 Å². The molecule has 8 heteroatoms. The zero-order valence-electron chi connectivity index (χ0n) is 19.2. The lowest BCUT2D eigenvalue weighted by Gasteiger charge is -2.44. The number of carbonyl (C=O) groups excluding carboxylic acids is 2. The summed E-state index contributed by atoms with van der Waals surface area (Å²) < 4.78 is 5.31. The van der Waals surface area contributed by atoms with Gasteiger partial charge in [-0.3, -0.25) is 14.5 Å². The molecule has 2 aromatic rings. The zero-order valence-corrected chi connectivity index (χ0v) is 19.9. The summed E-state index contributed by atoms with van der Waals surface area (Å²) in [5.74, 6) is -0.214. The van der Waals surface area contributed by atoms with Crippen LogP contribution in [0.4, 0.5) is 17.1 Å². The third kappa shape index (κ3) is 4.69. The standard InChI is InChI=1S/C26H29ClN4O3/c1-17-15-30(23-8-9-25(32)29-22-5-3-2-4-20(22)23)11-12-31(17)24-7-6-19(14-21(24)27)28-26(33)18-10-13-34-16-18/h2-9,14,17-18,23H,10-13,15-16H2,1H3,(H,28,33)(H,29,32). The number of fused-ring (bicyclic) bond motifs is 1. The van der Waals surface area contributed by atoms with Gasteiger partial charge in [-0.05, 0) is 43.2 Å². The maximum atomic E-state index is 12.4. The molecule has 3 heterocycles. The molecule has 0 bridgehead atoms. The fourth-order valence-electron chi connectivity index (χ4n) is 5.04. The fraction of sp³-hybridized carbons (Fsp3) is 0.385. The number of carbonyl (C=O) groups is 2. The lowest BCUT2D eigenvalue weighted by atomic mass is 10.0. The van der Waals surface area contributed by atoms with E-state index in [0.29, 0.717) is 23.9 Å². The van der Waals surface area contributed by atoms with Crippen LogP contribution in [0, 0.1) is 5.92 Å². The van der Waals surface area contributed by atoms with Crippen LogP contribution in [-0.4, -0.2) is 55.6 Å². The highest BCUT2D eigenvalue weighted by Crippen LogP contribution is 2.36. The zero-order chi connectivity index (χ0) is 23.7. The van der Waals surface area contributed by atoms with Gasteiger partial charge in [-0.25, -0.2) is 0 Å². The van der Waals surface area contributed by atoms with E-state index < -0.39 is 0 Å². The molecule has 34 heavy (non-hydrogen) atoms. The van der Waals surface area contributed by atoms with Crippen LogP contribution >= 0.6 is 11.6 Å². The largest absolute Gasteiger partial charge is 0.381 e. The molecule has 3 aliphatic rings. The summed E-state index contributed by atoms with van der Waals surface area (Å²) in [6.07, 6.45) is 4.37. The Morgan fingerprint density at radius 3 is 2.82 bits per heavy atom. The van der Waals surface area contributed by atoms with Crippen LogP contribution in [0.25, 0.3) is 0 Å². The second-order valence-corrected chi connectivity index (χ2v) is 9.54. The lowest BCUT2D eigenvalue weighted by Crippen LogP contribution is -2.52. The van der Waals surface area contributed by atoms with Crippen molar-refractivity contribution in [3.63, 3.8) is 0 Å². The molecule has 3 aliphatic heterocycles. The summed E-state index contributed by atoms with van der Waals surface area (Å²) in [6.45, 7) is 5.77. The number of benzene rings is 2. The Balaban J connectivity index is 1.28. The summed E-state index contributed by atoms with van der Waals surface area (Å²) in [5.41, 5.74) is 3.64. The fourth-order valence-corrected chi connectivity index (χ4v) is 5.33. The van der Waals surface area contributed by atoms with Gasteiger partial charge in [0, 0.05) is 49.7 Å². The number of hydrogen-bond donors (Lipinski definition) is 2. The molecule has 0 aliphatic carbocycles. The van der Waals surface area contributed by atoms with Crippen molar-refractivity contribution in [3.8, 4) is 0 Å². The number of rotatable bonds is 4. The maximum Gasteiger partial charge on any atom is 0.248 e. The highest BCUT2D eigenvalue weighted by Gasteiger charge is 2.31. The molecular weight excluding hydrogens is 452 g/mol. The van der Waals surface area contributed by atoms with Crippen molar-refractivity contribution in [2.24, 2.45) is 5.92 Å². The van der Waals surface area contributed by atoms with Gasteiger partial charge in [0.2, 0.25) is 11.8 Å². The molecule has 178 valence electrons. The Kier molecular flexibility index (Phi) is 6.59. The first-order chi connectivity index (χ1) is 16.5. The third-order valence-corrected chi connectivity index (χ3v) is 7.15. The minimum atomic E-state index is -0.0970. The summed E-state index contributed by atoms with van der Waals surface area (Å²) in [5, 5.41) is 6.55. The van der Waals surface area contributed by atoms with Gasteiger partial charge in [-0.1, -0.05) is 35.9 Å². The second kappa shape index (κ2) is 9.78. The van der Waals surface area contributed by atoms with E-state index in [-0.39, 0.29) is 29.8 Å². The number of hydrogen-bond acceptors (Lipinski definition) is 5. The van der Waals surface area contributed by atoms with Gasteiger partial charge in [0.25, 0.3) is 0 Å². The smallest absolute Gasteiger partial charge is 0.248 e. The van der Waals surface area contributed by atoms with Crippen LogP contribution in [0.5, 0.6) is 0 Å². The minimum Gasteiger partial charge on any atom is -0.381 e. The Bertz CT molecular complexity index is 1110. The molecule has 0 radical (unpaired) electrons. The van der Waals surface area contributed by atoms with Gasteiger partial charge >= 0.3 is 0 Å². The Hall–Kier alpha value is -2.87. The monoisotopic (exact) mass is 480 g/mol. The van der Waals surface area contributed by atoms with Crippen molar-refractivity contribution >= 4 is 40.5 Å². The quantitative estimate of drug-likeness (QED) is 0.690. The van der Waals surface area contributed by atoms with E-state index in [0.717, 1.165) is 43.0 Å². The van der Waals surface area contributed by atoms with Crippen molar-refractivity contribution < 1.29 is 14.3 Å². The highest BCUT2D eigenvalue weighted by molar-refractivity contribution is 6.33. The number of nitrogens with zero attached hydrogens (tertiary/aromatic N) is 2. The summed E-state index contributed by atoms with van der Waals surface area (Å²) in [6, 6.07) is 14.0. The summed E-state index contributed by atoms with van der Waals surface area (Å²) >= 11 is 6.67. The van der Waals surface area contributed by atoms with Gasteiger partial charge in [0.1, 0.15) is 0 Å². The van der Waals surface area contributed by atoms with Gasteiger partial charge in [0.15, 0.2) is 0 Å². The normalized spacial score (nSPS) is 24.9. The number of ether oxygens (including phenoxy) is 1. The number of halogens is 1. The van der Waals surface area contributed by atoms with Gasteiger partial charge in [-0.2, -0.15) is 0 Å². The number of nitrogens with one attached hydrogen (secondary N) is 2. The van der Waals surface area contributed by atoms with Crippen molar-refractivity contribution in [1.82, 2.24) is 4.90 Å². The molecule has 2 fully saturated rings. The Morgan fingerprint density at radius 2 is 2.06 bits per heavy atom. The molecule has 0 spiro atoms. The molecule has 0 aromatic heterocycles. The average Bonchev–Trinajstić information content (AvgIpc) is 3.30. The third-order valence-electron chi connectivity index (χ3n) is 6.84. The molecule has 2 saturated heterocycles. The van der Waals surface area contributed by atoms with E-state index in [1.165, 1.54) is 0 Å². The van der Waals surface area contributed by atoms with E-state index in [1.54, 1.807) is 6.08 Å². The second-order valence-electron chi connectivity index (χ2n) is 9.13. The number of anilines is 3. The Morgan fingerprint density at radius 1 is 1.21 bits per heavy atom. The summed E-state index contributed by atoms with van der Waals surface area (Å²) in [7, 11) is 0. The topological polar surface area (TPSA) is 73.9 Å². The molecule has 3 unspecified atom stereocenters. The van der Waals surface area contributed by atoms with Crippen LogP contribution in [-0.2, 0) is 14.3 Å². The van der Waals surface area contributed by atoms with Crippen LogP contribution < -0.4 is 15.5 Å². The van der Waals surface area contributed by atoms with Crippen molar-refractivity contribution in [2.75, 3.05) is 48.4 Å². The number of amides is 2. The molecule has 2 amide bonds. The lowest BCUT2D eigenvalue weighted by molar-refractivity contribution is -0.119. The maximum absolute atomic E-state index is 12.4. The first kappa shape index (κ1) is 22.9. The molecular formula is C26H29ClN4O3. The molecule has 2 N–H and O–H groups in total. The molecule has 0 saturated carbocycles. The van der Waals surface area contributed by atoms with Gasteiger partial charge in [-0.15, -0.1) is 0 Å².